The number of amides is 4. The molecule has 1 fully saturated rings. The van der Waals surface area contributed by atoms with Crippen molar-refractivity contribution in [3.05, 3.63) is 136 Å². The van der Waals surface area contributed by atoms with E-state index in [1.165, 1.54) is 27.8 Å². The van der Waals surface area contributed by atoms with Crippen LogP contribution >= 0.6 is 33.3 Å². The highest BCUT2D eigenvalue weighted by molar-refractivity contribution is 8.77. The van der Waals surface area contributed by atoms with Crippen LogP contribution in [0, 0.1) is 6.92 Å². The molecule has 86 heavy (non-hydrogen) atoms. The van der Waals surface area contributed by atoms with Crippen LogP contribution in [0.5, 0.6) is 17.2 Å². The molecule has 5 heterocycles. The number of aryl methyl sites for hydroxylation is 2. The zero-order chi connectivity index (χ0) is 60.5. The molecule has 0 bridgehead atoms. The molecule has 5 aliphatic rings. The van der Waals surface area contributed by atoms with Gasteiger partial charge in [0.05, 0.1) is 62.7 Å². The van der Waals surface area contributed by atoms with Crippen LogP contribution in [0.1, 0.15) is 106 Å². The molecule has 19 heteroatoms. The summed E-state index contributed by atoms with van der Waals surface area (Å²) >= 11 is 1.40. The quantitative estimate of drug-likeness (QED) is 0.0243. The van der Waals surface area contributed by atoms with Gasteiger partial charge < -0.3 is 48.0 Å². The number of hydrogen-bond donors (Lipinski definition) is 0. The number of likely N-dealkylation sites (N-methyl/N-ethyl adjacent to an activating group) is 1. The van der Waals surface area contributed by atoms with Gasteiger partial charge in [0, 0.05) is 105 Å². The minimum absolute atomic E-state index is 0.0108. The molecule has 16 nitrogen and oxygen atoms in total. The highest BCUT2D eigenvalue weighted by Crippen LogP contribution is 2.44. The molecule has 0 N–H and O–H groups in total. The van der Waals surface area contributed by atoms with Crippen LogP contribution in [0.4, 0.5) is 22.7 Å². The van der Waals surface area contributed by atoms with Gasteiger partial charge in [0.1, 0.15) is 24.7 Å². The maximum absolute atomic E-state index is 14.5. The largest absolute Gasteiger partial charge is 0.493 e. The lowest BCUT2D eigenvalue weighted by Crippen LogP contribution is -2.41. The number of ketones is 1. The smallest absolute Gasteiger partial charge is 0.260 e. The monoisotopic (exact) mass is 1230 g/mol. The Kier molecular flexibility index (Phi) is 21.0. The number of carbonyl (C=O) groups excluding carboxylic acids is 5. The number of methoxy groups -OCH3 is 2. The van der Waals surface area contributed by atoms with Gasteiger partial charge in [-0.15, -0.1) is 0 Å². The number of anilines is 4. The van der Waals surface area contributed by atoms with Gasteiger partial charge in [-0.05, 0) is 147 Å². The molecule has 5 aromatic carbocycles. The SMILES string of the molecule is COCCOCCOCCN(CC(C)(C)SSCCCC(=O)CCCN1C(=O)CC(SC)C1=O)c1cc(COc2cc3c(cc2C)C(=O)N2c4ccccc4C[C@H]2CC3)cc(COc2cc3c(cc2OC)C(=O)N2c4ccccc4C[C@H]2CN3C)c1. The molecule has 0 saturated carbocycles. The van der Waals surface area contributed by atoms with Crippen LogP contribution in [0.3, 0.4) is 0 Å². The van der Waals surface area contributed by atoms with E-state index in [-0.39, 0.29) is 71.1 Å². The number of nitrogens with zero attached hydrogens (tertiary/aromatic N) is 5. The van der Waals surface area contributed by atoms with E-state index in [1.54, 1.807) is 35.8 Å². The van der Waals surface area contributed by atoms with Gasteiger partial charge in [-0.25, -0.2) is 0 Å². The number of para-hydroxylation sites is 2. The highest BCUT2D eigenvalue weighted by Gasteiger charge is 2.41. The van der Waals surface area contributed by atoms with Gasteiger partial charge in [0.15, 0.2) is 11.5 Å². The standard InChI is InChI=1S/C67H81N5O11S3/c1-44-30-54-47(20-21-50-34-48-14-8-10-18-56(48)71(50)64(54)75)36-59(44)82-41-45-31-46(42-83-61-38-58-55(37-60(61)79-6)65(76)72-52(40-68(58)4)35-49-15-9-11-19-57(49)72)33-51(32-45)69(23-24-80-27-28-81-26-25-78-5)43-67(2,3)86-85-29-13-17-53(73)16-12-22-70-63(74)39-62(84-7)66(70)77/h8-11,14-15,18-19,30-33,36-38,50,52,62H,12-13,16-17,20-29,34-35,39-43H2,1-7H3/t50-,52+,62?/m1/s1. The number of ether oxygens (including phenoxy) is 6. The molecule has 0 aliphatic carbocycles. The number of fused-ring (bicyclic) bond motifs is 8. The van der Waals surface area contributed by atoms with Gasteiger partial charge in [0.2, 0.25) is 11.8 Å². The van der Waals surface area contributed by atoms with Crippen molar-refractivity contribution in [3.8, 4) is 17.2 Å². The number of benzene rings is 5. The second-order valence-electron chi connectivity index (χ2n) is 23.5. The van der Waals surface area contributed by atoms with E-state index >= 15 is 0 Å². The van der Waals surface area contributed by atoms with E-state index in [2.05, 4.69) is 66.1 Å². The first-order valence-corrected chi connectivity index (χ1v) is 33.6. The third-order valence-corrected chi connectivity index (χ3v) is 21.0. The first-order chi connectivity index (χ1) is 41.6. The summed E-state index contributed by atoms with van der Waals surface area (Å²) in [7, 11) is 8.82. The average Bonchev–Trinajstić information content (AvgIpc) is 1.74. The fourth-order valence-electron chi connectivity index (χ4n) is 12.4. The van der Waals surface area contributed by atoms with Crippen molar-refractivity contribution in [2.24, 2.45) is 0 Å². The topological polar surface area (TPSA) is 157 Å². The number of imide groups is 1. The van der Waals surface area contributed by atoms with Crippen molar-refractivity contribution in [2.75, 3.05) is 112 Å². The second kappa shape index (κ2) is 28.7. The molecule has 3 atom stereocenters. The van der Waals surface area contributed by atoms with Crippen LogP contribution in [0.2, 0.25) is 0 Å². The van der Waals surface area contributed by atoms with Crippen molar-refractivity contribution in [1.29, 1.82) is 0 Å². The molecule has 0 spiro atoms. The average molecular weight is 1230 g/mol. The van der Waals surface area contributed by atoms with Gasteiger partial charge in [-0.3, -0.25) is 28.9 Å². The molecule has 1 saturated heterocycles. The number of carbonyl (C=O) groups is 5. The number of hydrogen-bond acceptors (Lipinski definition) is 16. The Morgan fingerprint density at radius 1 is 0.698 bits per heavy atom. The van der Waals surface area contributed by atoms with Crippen LogP contribution in [-0.2, 0) is 61.1 Å². The third-order valence-electron chi connectivity index (χ3n) is 16.7. The van der Waals surface area contributed by atoms with Crippen molar-refractivity contribution in [3.63, 3.8) is 0 Å². The molecule has 1 unspecified atom stereocenters. The predicted octanol–water partition coefficient (Wildman–Crippen LogP) is 11.0. The summed E-state index contributed by atoms with van der Waals surface area (Å²) in [5, 5.41) is -0.316. The molecular formula is C67H81N5O11S3. The summed E-state index contributed by atoms with van der Waals surface area (Å²) in [6.45, 7) is 11.4. The normalized spacial score (nSPS) is 17.9. The van der Waals surface area contributed by atoms with E-state index in [0.29, 0.717) is 95.5 Å². The molecule has 458 valence electrons. The lowest BCUT2D eigenvalue weighted by atomic mass is 9.98. The minimum atomic E-state index is -0.316. The summed E-state index contributed by atoms with van der Waals surface area (Å²) in [5.41, 5.74) is 11.1. The van der Waals surface area contributed by atoms with Crippen molar-refractivity contribution >= 4 is 85.5 Å². The molecule has 0 radical (unpaired) electrons. The van der Waals surface area contributed by atoms with Crippen molar-refractivity contribution in [1.82, 2.24) is 4.90 Å². The predicted molar refractivity (Wildman–Crippen MR) is 344 cm³/mol. The van der Waals surface area contributed by atoms with Crippen LogP contribution < -0.4 is 33.8 Å². The molecular weight excluding hydrogens is 1150 g/mol. The number of likely N-dealkylation sites (tertiary alicyclic amines) is 1. The Labute approximate surface area is 518 Å². The zero-order valence-corrected chi connectivity index (χ0v) is 53.1. The fraction of sp³-hybridized carbons (Fsp3) is 0.478. The Morgan fingerprint density at radius 3 is 2.05 bits per heavy atom. The van der Waals surface area contributed by atoms with Gasteiger partial charge in [-0.2, -0.15) is 11.8 Å². The lowest BCUT2D eigenvalue weighted by molar-refractivity contribution is -0.138. The molecule has 5 aromatic rings. The Morgan fingerprint density at radius 2 is 1.35 bits per heavy atom. The van der Waals surface area contributed by atoms with E-state index in [4.69, 9.17) is 28.4 Å². The Bertz CT molecular complexity index is 3290. The van der Waals surface area contributed by atoms with Crippen molar-refractivity contribution in [2.45, 2.75) is 114 Å². The summed E-state index contributed by atoms with van der Waals surface area (Å²) in [5.74, 6) is 2.31. The van der Waals surface area contributed by atoms with E-state index in [9.17, 15) is 24.0 Å². The highest BCUT2D eigenvalue weighted by atomic mass is 33.1. The molecule has 0 aromatic heterocycles. The summed E-state index contributed by atoms with van der Waals surface area (Å²) < 4.78 is 36.4. The van der Waals surface area contributed by atoms with Gasteiger partial charge in [0.25, 0.3) is 11.8 Å². The first kappa shape index (κ1) is 62.8. The van der Waals surface area contributed by atoms with E-state index in [1.807, 2.05) is 78.6 Å². The van der Waals surface area contributed by atoms with Gasteiger partial charge in [-0.1, -0.05) is 58.0 Å². The maximum Gasteiger partial charge on any atom is 0.260 e. The second-order valence-corrected chi connectivity index (χ2v) is 27.6. The van der Waals surface area contributed by atoms with Gasteiger partial charge >= 0.3 is 0 Å². The molecule has 10 rings (SSSR count). The summed E-state index contributed by atoms with van der Waals surface area (Å²) in [4.78, 5) is 76.5. The Balaban J connectivity index is 0.877. The first-order valence-electron chi connectivity index (χ1n) is 30.0. The number of thioether (sulfide) groups is 1. The fourth-order valence-corrected chi connectivity index (χ4v) is 15.7. The Hall–Kier alpha value is -6.22. The number of rotatable bonds is 30. The van der Waals surface area contributed by atoms with E-state index < -0.39 is 0 Å². The lowest BCUT2D eigenvalue weighted by Gasteiger charge is -2.34. The van der Waals surface area contributed by atoms with Crippen LogP contribution in [-0.4, -0.2) is 149 Å². The molecule has 5 aliphatic heterocycles. The van der Waals surface area contributed by atoms with Crippen LogP contribution in [0.25, 0.3) is 0 Å². The van der Waals surface area contributed by atoms with E-state index in [0.717, 1.165) is 94.2 Å². The minimum Gasteiger partial charge on any atom is -0.493 e. The third kappa shape index (κ3) is 14.7. The summed E-state index contributed by atoms with van der Waals surface area (Å²) in [6.07, 6.45) is 7.32. The van der Waals surface area contributed by atoms with Crippen LogP contribution in [0.15, 0.2) is 91.0 Å². The zero-order valence-electron chi connectivity index (χ0n) is 50.7. The maximum atomic E-state index is 14.5. The number of Topliss-reactive ketones (excluding diaryl/α,β-unsaturated/α-hetero) is 1. The molecule has 4 amide bonds. The summed E-state index contributed by atoms with van der Waals surface area (Å²) in [6, 6.07) is 30.7. The van der Waals surface area contributed by atoms with Crippen molar-refractivity contribution < 1.29 is 52.4 Å².